The van der Waals surface area contributed by atoms with Gasteiger partial charge in [0.1, 0.15) is 16.7 Å². The molecule has 0 saturated heterocycles. The van der Waals surface area contributed by atoms with Gasteiger partial charge in [-0.15, -0.1) is 0 Å². The Bertz CT molecular complexity index is 773. The van der Waals surface area contributed by atoms with Gasteiger partial charge in [0.25, 0.3) is 0 Å². The third-order valence-electron chi connectivity index (χ3n) is 2.94. The zero-order valence-electron chi connectivity index (χ0n) is 13.2. The van der Waals surface area contributed by atoms with E-state index in [0.717, 1.165) is 5.56 Å². The number of benzene rings is 1. The van der Waals surface area contributed by atoms with E-state index in [9.17, 15) is 4.39 Å². The zero-order valence-corrected chi connectivity index (χ0v) is 14.8. The molecule has 2 aromatic rings. The van der Waals surface area contributed by atoms with E-state index in [0.29, 0.717) is 15.9 Å². The van der Waals surface area contributed by atoms with Crippen molar-refractivity contribution in [3.63, 3.8) is 0 Å². The van der Waals surface area contributed by atoms with E-state index in [1.54, 1.807) is 19.1 Å². The molecule has 1 heterocycles. The molecular weight excluding hydrogens is 349 g/mol. The van der Waals surface area contributed by atoms with Crippen LogP contribution in [0, 0.1) is 5.82 Å². The Kier molecular flexibility index (Phi) is 6.16. The van der Waals surface area contributed by atoms with E-state index in [4.69, 9.17) is 23.1 Å². The number of halogens is 2. The average Bonchev–Trinajstić information content (AvgIpc) is 2.50. The first-order valence-electron chi connectivity index (χ1n) is 7.07. The van der Waals surface area contributed by atoms with Gasteiger partial charge in [-0.25, -0.2) is 19.4 Å². The van der Waals surface area contributed by atoms with Crippen molar-refractivity contribution < 1.29 is 4.39 Å². The number of rotatable bonds is 5. The van der Waals surface area contributed by atoms with Crippen molar-refractivity contribution in [1.82, 2.24) is 9.97 Å². The Morgan fingerprint density at radius 1 is 1.33 bits per heavy atom. The minimum absolute atomic E-state index is 0.0344. The lowest BCUT2D eigenvalue weighted by Crippen LogP contribution is -2.10. The van der Waals surface area contributed by atoms with Crippen LogP contribution in [-0.2, 0) is 0 Å². The summed E-state index contributed by atoms with van der Waals surface area (Å²) in [4.78, 5) is 12.6. The molecule has 0 amide bonds. The summed E-state index contributed by atoms with van der Waals surface area (Å²) in [5, 5.41) is 0.822. The van der Waals surface area contributed by atoms with Crippen LogP contribution in [-0.4, -0.2) is 15.8 Å². The van der Waals surface area contributed by atoms with E-state index in [1.807, 2.05) is 6.92 Å². The van der Waals surface area contributed by atoms with E-state index in [-0.39, 0.29) is 22.7 Å². The highest BCUT2D eigenvalue weighted by Gasteiger charge is 2.12. The molecule has 0 aliphatic heterocycles. The molecule has 0 radical (unpaired) electrons. The topological polar surface area (TPSA) is 90.2 Å². The molecule has 5 nitrogen and oxygen atoms in total. The number of nitrogens with two attached hydrogens (primary N) is 2. The second-order valence-corrected chi connectivity index (χ2v) is 6.78. The molecule has 1 aromatic heterocycles. The van der Waals surface area contributed by atoms with Gasteiger partial charge >= 0.3 is 0 Å². The lowest BCUT2D eigenvalue weighted by atomic mass is 10.2. The van der Waals surface area contributed by atoms with Gasteiger partial charge in [0.05, 0.1) is 6.20 Å². The Morgan fingerprint density at radius 2 is 2.00 bits per heavy atom. The molecule has 126 valence electrons. The van der Waals surface area contributed by atoms with Crippen LogP contribution in [0.15, 0.2) is 52.4 Å². The SMILES string of the molecule is C/C(N)=C/C(N)=Nc1nc(SC(C)c2ccc(F)cc2)ncc1Cl. The molecule has 1 atom stereocenters. The third kappa shape index (κ3) is 5.21. The molecular formula is C16H17ClFN5S. The average molecular weight is 366 g/mol. The summed E-state index contributed by atoms with van der Waals surface area (Å²) in [5.74, 6) is 0.211. The van der Waals surface area contributed by atoms with Gasteiger partial charge in [0.15, 0.2) is 11.0 Å². The number of thioether (sulfide) groups is 1. The van der Waals surface area contributed by atoms with Crippen LogP contribution >= 0.6 is 23.4 Å². The van der Waals surface area contributed by atoms with Crippen molar-refractivity contribution in [2.75, 3.05) is 0 Å². The summed E-state index contributed by atoms with van der Waals surface area (Å²) in [7, 11) is 0. The molecule has 0 aliphatic carbocycles. The first kappa shape index (κ1) is 18.2. The van der Waals surface area contributed by atoms with Crippen LogP contribution in [0.25, 0.3) is 0 Å². The number of amidine groups is 1. The summed E-state index contributed by atoms with van der Waals surface area (Å²) >= 11 is 7.47. The van der Waals surface area contributed by atoms with Crippen molar-refractivity contribution in [3.8, 4) is 0 Å². The zero-order chi connectivity index (χ0) is 17.7. The largest absolute Gasteiger partial charge is 0.402 e. The first-order chi connectivity index (χ1) is 11.3. The summed E-state index contributed by atoms with van der Waals surface area (Å²) in [5.41, 5.74) is 12.8. The molecule has 0 bridgehead atoms. The molecule has 0 saturated carbocycles. The number of allylic oxidation sites excluding steroid dienone is 1. The van der Waals surface area contributed by atoms with Crippen molar-refractivity contribution >= 4 is 35.0 Å². The lowest BCUT2D eigenvalue weighted by molar-refractivity contribution is 0.627. The fraction of sp³-hybridized carbons (Fsp3) is 0.188. The predicted octanol–water partition coefficient (Wildman–Crippen LogP) is 3.97. The molecule has 4 N–H and O–H groups in total. The summed E-state index contributed by atoms with van der Waals surface area (Å²) in [6.07, 6.45) is 2.99. The minimum Gasteiger partial charge on any atom is -0.402 e. The molecule has 0 fully saturated rings. The Hall–Kier alpha value is -2.12. The van der Waals surface area contributed by atoms with Crippen LogP contribution in [0.4, 0.5) is 10.2 Å². The molecule has 0 aliphatic rings. The number of hydrogen-bond donors (Lipinski definition) is 2. The number of hydrogen-bond acceptors (Lipinski definition) is 5. The first-order valence-corrected chi connectivity index (χ1v) is 8.33. The van der Waals surface area contributed by atoms with E-state index < -0.39 is 0 Å². The second kappa shape index (κ2) is 8.12. The van der Waals surface area contributed by atoms with Crippen molar-refractivity contribution in [1.29, 1.82) is 0 Å². The van der Waals surface area contributed by atoms with Crippen LogP contribution in [0.2, 0.25) is 5.02 Å². The number of nitrogens with zero attached hydrogens (tertiary/aromatic N) is 3. The van der Waals surface area contributed by atoms with Crippen LogP contribution in [0.1, 0.15) is 24.7 Å². The summed E-state index contributed by atoms with van der Waals surface area (Å²) in [6.45, 7) is 3.68. The lowest BCUT2D eigenvalue weighted by Gasteiger charge is -2.10. The number of aliphatic imine (C=N–C) groups is 1. The van der Waals surface area contributed by atoms with Gasteiger partial charge in [0.2, 0.25) is 0 Å². The van der Waals surface area contributed by atoms with Gasteiger partial charge in [-0.2, -0.15) is 0 Å². The van der Waals surface area contributed by atoms with Gasteiger partial charge in [-0.1, -0.05) is 35.5 Å². The summed E-state index contributed by atoms with van der Waals surface area (Å²) < 4.78 is 13.0. The highest BCUT2D eigenvalue weighted by Crippen LogP contribution is 2.34. The standard InChI is InChI=1S/C16H17ClFN5S/c1-9(19)7-14(20)22-15-13(17)8-21-16(23-15)24-10(2)11-3-5-12(18)6-4-11/h3-8,10H,19H2,1-2H3,(H2,20,21,22,23)/b9-7-. The Morgan fingerprint density at radius 3 is 2.62 bits per heavy atom. The fourth-order valence-corrected chi connectivity index (χ4v) is 2.82. The van der Waals surface area contributed by atoms with E-state index >= 15 is 0 Å². The maximum absolute atomic E-state index is 13.0. The third-order valence-corrected chi connectivity index (χ3v) is 4.24. The van der Waals surface area contributed by atoms with Gasteiger partial charge < -0.3 is 11.5 Å². The Balaban J connectivity index is 2.21. The molecule has 8 heteroatoms. The highest BCUT2D eigenvalue weighted by atomic mass is 35.5. The maximum Gasteiger partial charge on any atom is 0.190 e. The van der Waals surface area contributed by atoms with Gasteiger partial charge in [-0.3, -0.25) is 0 Å². The second-order valence-electron chi connectivity index (χ2n) is 5.06. The normalized spacial score (nSPS) is 13.8. The summed E-state index contributed by atoms with van der Waals surface area (Å²) in [6, 6.07) is 6.31. The van der Waals surface area contributed by atoms with Crippen molar-refractivity contribution in [2.45, 2.75) is 24.3 Å². The van der Waals surface area contributed by atoms with Gasteiger partial charge in [0, 0.05) is 10.9 Å². The minimum atomic E-state index is -0.269. The van der Waals surface area contributed by atoms with Crippen molar-refractivity contribution in [3.05, 3.63) is 58.6 Å². The van der Waals surface area contributed by atoms with Crippen LogP contribution < -0.4 is 11.5 Å². The van der Waals surface area contributed by atoms with E-state index in [2.05, 4.69) is 15.0 Å². The van der Waals surface area contributed by atoms with Crippen molar-refractivity contribution in [2.24, 2.45) is 16.5 Å². The van der Waals surface area contributed by atoms with Crippen LogP contribution in [0.5, 0.6) is 0 Å². The molecule has 24 heavy (non-hydrogen) atoms. The van der Waals surface area contributed by atoms with E-state index in [1.165, 1.54) is 36.2 Å². The van der Waals surface area contributed by atoms with Crippen LogP contribution in [0.3, 0.4) is 0 Å². The highest BCUT2D eigenvalue weighted by molar-refractivity contribution is 7.99. The molecule has 1 unspecified atom stereocenters. The maximum atomic E-state index is 13.0. The number of aromatic nitrogens is 2. The molecule has 2 rings (SSSR count). The fourth-order valence-electron chi connectivity index (χ4n) is 1.83. The van der Waals surface area contributed by atoms with Gasteiger partial charge in [-0.05, 0) is 37.6 Å². The molecule has 1 aromatic carbocycles. The smallest absolute Gasteiger partial charge is 0.190 e. The Labute approximate surface area is 149 Å². The molecule has 0 spiro atoms. The quantitative estimate of drug-likeness (QED) is 0.362. The predicted molar refractivity (Wildman–Crippen MR) is 96.9 cm³/mol. The monoisotopic (exact) mass is 365 g/mol.